The Labute approximate surface area is 130 Å². The zero-order chi connectivity index (χ0) is 14.6. The van der Waals surface area contributed by atoms with Crippen molar-refractivity contribution in [2.24, 2.45) is 0 Å². The van der Waals surface area contributed by atoms with E-state index in [2.05, 4.69) is 54.2 Å². The van der Waals surface area contributed by atoms with E-state index in [0.29, 0.717) is 6.61 Å². The first-order chi connectivity index (χ1) is 9.44. The van der Waals surface area contributed by atoms with Crippen molar-refractivity contribution >= 4 is 15.9 Å². The summed E-state index contributed by atoms with van der Waals surface area (Å²) in [6, 6.07) is 6.25. The second-order valence-corrected chi connectivity index (χ2v) is 7.17. The number of rotatable bonds is 5. The molecule has 1 atom stereocenters. The lowest BCUT2D eigenvalue weighted by Crippen LogP contribution is -2.35. The van der Waals surface area contributed by atoms with Gasteiger partial charge in [0, 0.05) is 18.7 Å². The minimum Gasteiger partial charge on any atom is -0.490 e. The van der Waals surface area contributed by atoms with Crippen molar-refractivity contribution in [3.05, 3.63) is 28.2 Å². The van der Waals surface area contributed by atoms with E-state index in [4.69, 9.17) is 9.47 Å². The molecule has 112 valence electrons. The van der Waals surface area contributed by atoms with Crippen LogP contribution in [0.4, 0.5) is 0 Å². The molecule has 2 rings (SSSR count). The summed E-state index contributed by atoms with van der Waals surface area (Å²) in [5.41, 5.74) is 1.37. The van der Waals surface area contributed by atoms with Gasteiger partial charge < -0.3 is 14.8 Å². The van der Waals surface area contributed by atoms with Crippen molar-refractivity contribution in [1.29, 1.82) is 0 Å². The molecule has 0 radical (unpaired) electrons. The number of nitrogens with one attached hydrogen (secondary N) is 1. The molecule has 1 aliphatic rings. The molecule has 1 aromatic carbocycles. The molecule has 1 heterocycles. The van der Waals surface area contributed by atoms with E-state index in [1.54, 1.807) is 0 Å². The highest BCUT2D eigenvalue weighted by atomic mass is 79.9. The van der Waals surface area contributed by atoms with Gasteiger partial charge in [0.2, 0.25) is 0 Å². The van der Waals surface area contributed by atoms with E-state index in [-0.39, 0.29) is 11.6 Å². The summed E-state index contributed by atoms with van der Waals surface area (Å²) >= 11 is 3.58. The highest BCUT2D eigenvalue weighted by Gasteiger charge is 2.16. The van der Waals surface area contributed by atoms with E-state index >= 15 is 0 Å². The van der Waals surface area contributed by atoms with Crippen LogP contribution in [0, 0.1) is 0 Å². The minimum atomic E-state index is 0.126. The summed E-state index contributed by atoms with van der Waals surface area (Å²) in [5, 5.41) is 3.48. The summed E-state index contributed by atoms with van der Waals surface area (Å²) in [7, 11) is 0. The first kappa shape index (κ1) is 15.8. The average molecular weight is 342 g/mol. The molecule has 1 fully saturated rings. The predicted molar refractivity (Wildman–Crippen MR) is 85.2 cm³/mol. The van der Waals surface area contributed by atoms with Crippen LogP contribution >= 0.6 is 15.9 Å². The number of hydrogen-bond donors (Lipinski definition) is 1. The summed E-state index contributed by atoms with van der Waals surface area (Å²) in [5.74, 6) is 0.889. The molecule has 1 saturated heterocycles. The van der Waals surface area contributed by atoms with Crippen molar-refractivity contribution in [2.75, 3.05) is 13.2 Å². The van der Waals surface area contributed by atoms with E-state index in [0.717, 1.165) is 36.2 Å². The topological polar surface area (TPSA) is 30.5 Å². The Bertz CT molecular complexity index is 437. The van der Waals surface area contributed by atoms with Crippen molar-refractivity contribution in [1.82, 2.24) is 5.32 Å². The van der Waals surface area contributed by atoms with Gasteiger partial charge in [-0.05, 0) is 67.2 Å². The van der Waals surface area contributed by atoms with E-state index < -0.39 is 0 Å². The maximum atomic E-state index is 5.83. The molecular formula is C16H24BrNO2. The Morgan fingerprint density at radius 3 is 2.80 bits per heavy atom. The molecule has 1 N–H and O–H groups in total. The maximum absolute atomic E-state index is 5.83. The molecule has 0 spiro atoms. The van der Waals surface area contributed by atoms with Crippen molar-refractivity contribution in [2.45, 2.75) is 51.8 Å². The molecule has 0 amide bonds. The molecule has 0 bridgehead atoms. The third kappa shape index (κ3) is 5.08. The lowest BCUT2D eigenvalue weighted by Gasteiger charge is -2.21. The fraction of sp³-hybridized carbons (Fsp3) is 0.625. The van der Waals surface area contributed by atoms with Gasteiger partial charge in [0.15, 0.2) is 0 Å². The van der Waals surface area contributed by atoms with Crippen LogP contribution in [0.2, 0.25) is 0 Å². The fourth-order valence-electron chi connectivity index (χ4n) is 2.10. The quantitative estimate of drug-likeness (QED) is 0.881. The predicted octanol–water partition coefficient (Wildman–Crippen LogP) is 3.90. The van der Waals surface area contributed by atoms with Crippen LogP contribution in [-0.2, 0) is 11.3 Å². The lowest BCUT2D eigenvalue weighted by atomic mass is 10.1. The van der Waals surface area contributed by atoms with E-state index in [1.165, 1.54) is 5.56 Å². The molecule has 20 heavy (non-hydrogen) atoms. The molecule has 0 aromatic heterocycles. The normalized spacial score (nSPS) is 19.3. The lowest BCUT2D eigenvalue weighted by molar-refractivity contribution is 0.0677. The monoisotopic (exact) mass is 341 g/mol. The van der Waals surface area contributed by atoms with Crippen LogP contribution in [0.5, 0.6) is 5.75 Å². The maximum Gasteiger partial charge on any atom is 0.133 e. The van der Waals surface area contributed by atoms with Gasteiger partial charge in [-0.3, -0.25) is 0 Å². The second kappa shape index (κ2) is 6.92. The molecular weight excluding hydrogens is 318 g/mol. The van der Waals surface area contributed by atoms with Crippen molar-refractivity contribution < 1.29 is 9.47 Å². The Morgan fingerprint density at radius 1 is 1.40 bits per heavy atom. The Hall–Kier alpha value is -0.580. The van der Waals surface area contributed by atoms with Crippen molar-refractivity contribution in [3.63, 3.8) is 0 Å². The van der Waals surface area contributed by atoms with Gasteiger partial charge in [-0.25, -0.2) is 0 Å². The van der Waals surface area contributed by atoms with Crippen LogP contribution in [0.3, 0.4) is 0 Å². The molecule has 4 heteroatoms. The summed E-state index contributed by atoms with van der Waals surface area (Å²) in [6.07, 6.45) is 2.50. The zero-order valence-electron chi connectivity index (χ0n) is 12.5. The SMILES string of the molecule is CC(C)(C)NCc1ccc(OCC2CCCO2)c(Br)c1. The summed E-state index contributed by atoms with van der Waals surface area (Å²) in [6.45, 7) is 8.86. The van der Waals surface area contributed by atoms with E-state index in [1.807, 2.05) is 6.07 Å². The van der Waals surface area contributed by atoms with Gasteiger partial charge in [-0.15, -0.1) is 0 Å². The van der Waals surface area contributed by atoms with Gasteiger partial charge in [-0.1, -0.05) is 6.07 Å². The Kier molecular flexibility index (Phi) is 5.47. The molecule has 0 saturated carbocycles. The van der Waals surface area contributed by atoms with E-state index in [9.17, 15) is 0 Å². The van der Waals surface area contributed by atoms with Gasteiger partial charge in [0.1, 0.15) is 12.4 Å². The zero-order valence-corrected chi connectivity index (χ0v) is 14.1. The standard InChI is InChI=1S/C16H24BrNO2/c1-16(2,3)18-10-12-6-7-15(14(17)9-12)20-11-13-5-4-8-19-13/h6-7,9,13,18H,4-5,8,10-11H2,1-3H3. The largest absolute Gasteiger partial charge is 0.490 e. The van der Waals surface area contributed by atoms with Gasteiger partial charge in [-0.2, -0.15) is 0 Å². The van der Waals surface area contributed by atoms with Gasteiger partial charge in [0.25, 0.3) is 0 Å². The Morgan fingerprint density at radius 2 is 2.20 bits per heavy atom. The minimum absolute atomic E-state index is 0.126. The van der Waals surface area contributed by atoms with Crippen LogP contribution in [0.25, 0.3) is 0 Å². The third-order valence-electron chi connectivity index (χ3n) is 3.27. The molecule has 0 aliphatic carbocycles. The average Bonchev–Trinajstić information content (AvgIpc) is 2.87. The highest BCUT2D eigenvalue weighted by Crippen LogP contribution is 2.27. The van der Waals surface area contributed by atoms with Gasteiger partial charge in [0.05, 0.1) is 10.6 Å². The first-order valence-electron chi connectivity index (χ1n) is 7.22. The van der Waals surface area contributed by atoms with Crippen molar-refractivity contribution in [3.8, 4) is 5.75 Å². The smallest absolute Gasteiger partial charge is 0.133 e. The third-order valence-corrected chi connectivity index (χ3v) is 3.89. The van der Waals surface area contributed by atoms with Crippen LogP contribution in [0.1, 0.15) is 39.2 Å². The molecule has 1 aromatic rings. The molecule has 1 aliphatic heterocycles. The Balaban J connectivity index is 1.88. The number of halogens is 1. The van der Waals surface area contributed by atoms with Crippen LogP contribution in [-0.4, -0.2) is 24.9 Å². The first-order valence-corrected chi connectivity index (χ1v) is 8.01. The van der Waals surface area contributed by atoms with Crippen LogP contribution in [0.15, 0.2) is 22.7 Å². The summed E-state index contributed by atoms with van der Waals surface area (Å²) in [4.78, 5) is 0. The number of ether oxygens (including phenoxy) is 2. The molecule has 1 unspecified atom stereocenters. The molecule has 3 nitrogen and oxygen atoms in total. The van der Waals surface area contributed by atoms with Gasteiger partial charge >= 0.3 is 0 Å². The van der Waals surface area contributed by atoms with Crippen LogP contribution < -0.4 is 10.1 Å². The number of hydrogen-bond acceptors (Lipinski definition) is 3. The fourth-order valence-corrected chi connectivity index (χ4v) is 2.64. The second-order valence-electron chi connectivity index (χ2n) is 6.31. The summed E-state index contributed by atoms with van der Waals surface area (Å²) < 4.78 is 12.4. The highest BCUT2D eigenvalue weighted by molar-refractivity contribution is 9.10. The number of benzene rings is 1.